The predicted octanol–water partition coefficient (Wildman–Crippen LogP) is 2.05. The van der Waals surface area contributed by atoms with Crippen molar-refractivity contribution in [1.82, 2.24) is 9.55 Å². The van der Waals surface area contributed by atoms with Crippen LogP contribution in [0.25, 0.3) is 0 Å². The van der Waals surface area contributed by atoms with Crippen molar-refractivity contribution in [3.63, 3.8) is 0 Å². The van der Waals surface area contributed by atoms with Crippen LogP contribution in [-0.2, 0) is 4.74 Å². The Morgan fingerprint density at radius 1 is 1.53 bits per heavy atom. The van der Waals surface area contributed by atoms with E-state index in [1.165, 1.54) is 0 Å². The fourth-order valence-corrected chi connectivity index (χ4v) is 1.98. The minimum atomic E-state index is -0.00691. The van der Waals surface area contributed by atoms with E-state index in [1.807, 2.05) is 0 Å². The summed E-state index contributed by atoms with van der Waals surface area (Å²) in [6.45, 7) is 5.75. The molecule has 0 unspecified atom stereocenters. The zero-order valence-electron chi connectivity index (χ0n) is 12.0. The van der Waals surface area contributed by atoms with Gasteiger partial charge in [0.05, 0.1) is 0 Å². The van der Waals surface area contributed by atoms with E-state index >= 15 is 0 Å². The molecule has 1 aliphatic carbocycles. The van der Waals surface area contributed by atoms with Crippen molar-refractivity contribution in [3.8, 4) is 0 Å². The normalized spacial score (nSPS) is 15.5. The Labute approximate surface area is 114 Å². The summed E-state index contributed by atoms with van der Waals surface area (Å²) in [6, 6.07) is 0.387. The Morgan fingerprint density at radius 3 is 2.89 bits per heavy atom. The number of hydrogen-bond donors (Lipinski definition) is 1. The van der Waals surface area contributed by atoms with Crippen molar-refractivity contribution in [3.05, 3.63) is 22.7 Å². The molecule has 0 radical (unpaired) electrons. The lowest BCUT2D eigenvalue weighted by Crippen LogP contribution is -2.30. The number of nitrogens with one attached hydrogen (secondary N) is 1. The van der Waals surface area contributed by atoms with Crippen LogP contribution < -0.4 is 10.9 Å². The van der Waals surface area contributed by atoms with E-state index in [-0.39, 0.29) is 11.0 Å². The Balaban J connectivity index is 1.99. The molecule has 106 valence electrons. The van der Waals surface area contributed by atoms with Gasteiger partial charge in [-0.2, -0.15) is 0 Å². The maximum atomic E-state index is 12.2. The summed E-state index contributed by atoms with van der Waals surface area (Å²) in [5.41, 5.74) is 0.0669. The van der Waals surface area contributed by atoms with Crippen LogP contribution in [0.2, 0.25) is 0 Å². The van der Waals surface area contributed by atoms with Gasteiger partial charge in [0.15, 0.2) is 5.82 Å². The second kappa shape index (κ2) is 5.74. The van der Waals surface area contributed by atoms with E-state index in [0.717, 1.165) is 25.9 Å². The molecule has 1 aromatic rings. The Hall–Kier alpha value is -1.36. The lowest BCUT2D eigenvalue weighted by Gasteiger charge is -2.24. The van der Waals surface area contributed by atoms with Gasteiger partial charge in [0.1, 0.15) is 0 Å². The standard InChI is InChI=1S/C14H23N3O2/c1-14(2,6-9-19-3)10-16-12-13(18)17(8-7-15-12)11-4-5-11/h7-8,11H,4-6,9-10H2,1-3H3,(H,15,16). The van der Waals surface area contributed by atoms with E-state index in [0.29, 0.717) is 18.4 Å². The molecule has 5 heteroatoms. The smallest absolute Gasteiger partial charge is 0.293 e. The van der Waals surface area contributed by atoms with Crippen LogP contribution in [0.5, 0.6) is 0 Å². The Morgan fingerprint density at radius 2 is 2.26 bits per heavy atom. The van der Waals surface area contributed by atoms with Crippen molar-refractivity contribution >= 4 is 5.82 Å². The lowest BCUT2D eigenvalue weighted by atomic mass is 9.90. The number of hydrogen-bond acceptors (Lipinski definition) is 4. The van der Waals surface area contributed by atoms with Gasteiger partial charge in [0, 0.05) is 38.7 Å². The molecule has 0 spiro atoms. The molecule has 1 saturated carbocycles. The Bertz CT molecular complexity index is 478. The molecule has 0 bridgehead atoms. The number of nitrogens with zero attached hydrogens (tertiary/aromatic N) is 2. The summed E-state index contributed by atoms with van der Waals surface area (Å²) in [4.78, 5) is 16.4. The van der Waals surface area contributed by atoms with Crippen LogP contribution in [-0.4, -0.2) is 29.8 Å². The first-order valence-corrected chi connectivity index (χ1v) is 6.83. The molecule has 5 nitrogen and oxygen atoms in total. The van der Waals surface area contributed by atoms with Crippen LogP contribution in [0, 0.1) is 5.41 Å². The highest BCUT2D eigenvalue weighted by molar-refractivity contribution is 5.31. The van der Waals surface area contributed by atoms with Crippen molar-refractivity contribution in [1.29, 1.82) is 0 Å². The molecular weight excluding hydrogens is 242 g/mol. The maximum absolute atomic E-state index is 12.2. The summed E-state index contributed by atoms with van der Waals surface area (Å²) in [5, 5.41) is 3.19. The molecule has 1 aromatic heterocycles. The Kier molecular flexibility index (Phi) is 4.24. The van der Waals surface area contributed by atoms with E-state index in [1.54, 1.807) is 24.1 Å². The first kappa shape index (κ1) is 14.1. The van der Waals surface area contributed by atoms with Crippen molar-refractivity contribution in [2.75, 3.05) is 25.6 Å². The highest BCUT2D eigenvalue weighted by Crippen LogP contribution is 2.33. The fraction of sp³-hybridized carbons (Fsp3) is 0.714. The van der Waals surface area contributed by atoms with Gasteiger partial charge in [-0.05, 0) is 24.7 Å². The van der Waals surface area contributed by atoms with E-state index < -0.39 is 0 Å². The second-order valence-corrected chi connectivity index (χ2v) is 5.98. The molecule has 0 atom stereocenters. The molecule has 1 heterocycles. The molecule has 1 fully saturated rings. The topological polar surface area (TPSA) is 56.1 Å². The van der Waals surface area contributed by atoms with Gasteiger partial charge in [-0.1, -0.05) is 13.8 Å². The number of ether oxygens (including phenoxy) is 1. The van der Waals surface area contributed by atoms with Crippen LogP contribution in [0.15, 0.2) is 17.2 Å². The summed E-state index contributed by atoms with van der Waals surface area (Å²) in [7, 11) is 1.70. The van der Waals surface area contributed by atoms with Crippen LogP contribution in [0.3, 0.4) is 0 Å². The van der Waals surface area contributed by atoms with Gasteiger partial charge in [-0.3, -0.25) is 4.79 Å². The zero-order valence-corrected chi connectivity index (χ0v) is 12.0. The molecule has 0 aliphatic heterocycles. The predicted molar refractivity (Wildman–Crippen MR) is 75.5 cm³/mol. The number of rotatable bonds is 7. The lowest BCUT2D eigenvalue weighted by molar-refractivity contribution is 0.157. The monoisotopic (exact) mass is 265 g/mol. The third-order valence-electron chi connectivity index (χ3n) is 3.53. The molecule has 0 saturated heterocycles. The van der Waals surface area contributed by atoms with Gasteiger partial charge >= 0.3 is 0 Å². The molecule has 2 rings (SSSR count). The highest BCUT2D eigenvalue weighted by Gasteiger charge is 2.25. The van der Waals surface area contributed by atoms with Gasteiger partial charge in [0.25, 0.3) is 5.56 Å². The minimum Gasteiger partial charge on any atom is -0.385 e. The first-order chi connectivity index (χ1) is 9.03. The third kappa shape index (κ3) is 3.80. The minimum absolute atomic E-state index is 0.00691. The number of methoxy groups -OCH3 is 1. The average Bonchev–Trinajstić information content (AvgIpc) is 3.20. The maximum Gasteiger partial charge on any atom is 0.293 e. The molecule has 0 aromatic carbocycles. The highest BCUT2D eigenvalue weighted by atomic mass is 16.5. The SMILES string of the molecule is COCCC(C)(C)CNc1nccn(C2CC2)c1=O. The van der Waals surface area contributed by atoms with Gasteiger partial charge in [-0.25, -0.2) is 4.98 Å². The summed E-state index contributed by atoms with van der Waals surface area (Å²) < 4.78 is 6.89. The van der Waals surface area contributed by atoms with Crippen LogP contribution in [0.1, 0.15) is 39.2 Å². The number of aromatic nitrogens is 2. The molecule has 1 N–H and O–H groups in total. The largest absolute Gasteiger partial charge is 0.385 e. The second-order valence-electron chi connectivity index (χ2n) is 5.98. The van der Waals surface area contributed by atoms with Gasteiger partial charge in [-0.15, -0.1) is 0 Å². The fourth-order valence-electron chi connectivity index (χ4n) is 1.98. The van der Waals surface area contributed by atoms with E-state index in [2.05, 4.69) is 24.1 Å². The summed E-state index contributed by atoms with van der Waals surface area (Å²) in [6.07, 6.45) is 6.62. The summed E-state index contributed by atoms with van der Waals surface area (Å²) >= 11 is 0. The molecule has 19 heavy (non-hydrogen) atoms. The van der Waals surface area contributed by atoms with Gasteiger partial charge in [0.2, 0.25) is 0 Å². The van der Waals surface area contributed by atoms with E-state index in [9.17, 15) is 4.79 Å². The first-order valence-electron chi connectivity index (χ1n) is 6.83. The van der Waals surface area contributed by atoms with E-state index in [4.69, 9.17) is 4.74 Å². The van der Waals surface area contributed by atoms with Crippen molar-refractivity contribution in [2.24, 2.45) is 5.41 Å². The van der Waals surface area contributed by atoms with Crippen LogP contribution in [0.4, 0.5) is 5.82 Å². The van der Waals surface area contributed by atoms with Crippen molar-refractivity contribution < 1.29 is 4.74 Å². The quantitative estimate of drug-likeness (QED) is 0.820. The third-order valence-corrected chi connectivity index (χ3v) is 3.53. The summed E-state index contributed by atoms with van der Waals surface area (Å²) in [5.74, 6) is 0.458. The zero-order chi connectivity index (χ0) is 13.9. The molecular formula is C14H23N3O2. The molecule has 1 aliphatic rings. The molecule has 0 amide bonds. The van der Waals surface area contributed by atoms with Crippen molar-refractivity contribution in [2.45, 2.75) is 39.2 Å². The van der Waals surface area contributed by atoms with Crippen LogP contribution >= 0.6 is 0 Å². The van der Waals surface area contributed by atoms with Gasteiger partial charge < -0.3 is 14.6 Å². The average molecular weight is 265 g/mol. The number of anilines is 1.